The summed E-state index contributed by atoms with van der Waals surface area (Å²) in [4.78, 5) is 41.4. The molecule has 3 unspecified atom stereocenters. The fraction of sp³-hybridized carbons (Fsp3) is 0.424. The summed E-state index contributed by atoms with van der Waals surface area (Å²) in [5, 5.41) is 4.87. The SMILES string of the molecule is CC(C)C(NC(=O)C(Cc1cccc2ccccc12)CS(=O)(=O)C(C)(C)C)C(=O)N1Cc2ccccc2CC1C=O. The van der Waals surface area contributed by atoms with Crippen molar-refractivity contribution in [2.24, 2.45) is 11.8 Å². The number of nitrogens with zero attached hydrogens (tertiary/aromatic N) is 1. The molecule has 218 valence electrons. The summed E-state index contributed by atoms with van der Waals surface area (Å²) in [7, 11) is -3.66. The molecule has 2 amide bonds. The second-order valence-electron chi connectivity index (χ2n) is 12.3. The quantitative estimate of drug-likeness (QED) is 0.378. The van der Waals surface area contributed by atoms with Crippen LogP contribution in [0.3, 0.4) is 0 Å². The number of hydrogen-bond donors (Lipinski definition) is 1. The van der Waals surface area contributed by atoms with Crippen LogP contribution in [0.4, 0.5) is 0 Å². The molecule has 8 heteroatoms. The van der Waals surface area contributed by atoms with Crippen molar-refractivity contribution in [2.45, 2.75) is 70.8 Å². The molecule has 1 aliphatic rings. The van der Waals surface area contributed by atoms with Crippen molar-refractivity contribution in [1.29, 1.82) is 0 Å². The van der Waals surface area contributed by atoms with Gasteiger partial charge in [-0.25, -0.2) is 8.42 Å². The van der Waals surface area contributed by atoms with E-state index in [-0.39, 0.29) is 30.5 Å². The van der Waals surface area contributed by atoms with Gasteiger partial charge in [0.2, 0.25) is 11.8 Å². The number of benzene rings is 3. The Morgan fingerprint density at radius 1 is 0.976 bits per heavy atom. The van der Waals surface area contributed by atoms with Gasteiger partial charge in [-0.3, -0.25) is 9.59 Å². The van der Waals surface area contributed by atoms with Crippen molar-refractivity contribution in [3.05, 3.63) is 83.4 Å². The van der Waals surface area contributed by atoms with Crippen molar-refractivity contribution in [3.8, 4) is 0 Å². The van der Waals surface area contributed by atoms with E-state index in [2.05, 4.69) is 5.32 Å². The molecule has 0 radical (unpaired) electrons. The van der Waals surface area contributed by atoms with Gasteiger partial charge in [-0.1, -0.05) is 80.6 Å². The Morgan fingerprint density at radius 3 is 2.27 bits per heavy atom. The topological polar surface area (TPSA) is 101 Å². The van der Waals surface area contributed by atoms with E-state index in [1.54, 1.807) is 20.8 Å². The summed E-state index contributed by atoms with van der Waals surface area (Å²) < 4.78 is 25.6. The van der Waals surface area contributed by atoms with Crippen LogP contribution in [0.15, 0.2) is 66.7 Å². The highest BCUT2D eigenvalue weighted by molar-refractivity contribution is 7.92. The lowest BCUT2D eigenvalue weighted by Gasteiger charge is -2.37. The Hall–Kier alpha value is -3.52. The van der Waals surface area contributed by atoms with Crippen molar-refractivity contribution < 1.29 is 22.8 Å². The minimum atomic E-state index is -3.66. The molecule has 0 aromatic heterocycles. The third kappa shape index (κ3) is 6.70. The molecule has 0 saturated carbocycles. The first kappa shape index (κ1) is 30.4. The van der Waals surface area contributed by atoms with Crippen LogP contribution in [-0.4, -0.2) is 54.0 Å². The zero-order chi connectivity index (χ0) is 29.9. The van der Waals surface area contributed by atoms with Crippen molar-refractivity contribution in [3.63, 3.8) is 0 Å². The highest BCUT2D eigenvalue weighted by Crippen LogP contribution is 2.27. The summed E-state index contributed by atoms with van der Waals surface area (Å²) in [6.07, 6.45) is 1.40. The molecule has 7 nitrogen and oxygen atoms in total. The summed E-state index contributed by atoms with van der Waals surface area (Å²) in [6, 6.07) is 19.8. The lowest BCUT2D eigenvalue weighted by Crippen LogP contribution is -2.57. The van der Waals surface area contributed by atoms with E-state index >= 15 is 0 Å². The number of fused-ring (bicyclic) bond motifs is 2. The maximum Gasteiger partial charge on any atom is 0.246 e. The standard InChI is InChI=1S/C33H40N2O5S/c1-22(2)30(32(38)35-19-26-13-7-6-12-24(26)18-28(35)20-36)34-31(37)27(21-41(39,40)33(3,4)5)17-25-15-10-14-23-11-8-9-16-29(23)25/h6-16,20,22,27-28,30H,17-19,21H2,1-5H3,(H,34,37). The maximum atomic E-state index is 13.9. The van der Waals surface area contributed by atoms with Gasteiger partial charge in [-0.2, -0.15) is 0 Å². The molecule has 0 aliphatic carbocycles. The van der Waals surface area contributed by atoms with Crippen molar-refractivity contribution >= 4 is 38.7 Å². The molecule has 3 aromatic carbocycles. The fourth-order valence-corrected chi connectivity index (χ4v) is 6.65. The van der Waals surface area contributed by atoms with Crippen LogP contribution in [0.5, 0.6) is 0 Å². The second-order valence-corrected chi connectivity index (χ2v) is 15.1. The molecule has 3 atom stereocenters. The van der Waals surface area contributed by atoms with Crippen LogP contribution < -0.4 is 5.32 Å². The first-order chi connectivity index (χ1) is 19.3. The van der Waals surface area contributed by atoms with Crippen molar-refractivity contribution in [1.82, 2.24) is 10.2 Å². The van der Waals surface area contributed by atoms with Crippen LogP contribution in [0, 0.1) is 11.8 Å². The molecule has 3 aromatic rings. The largest absolute Gasteiger partial charge is 0.344 e. The van der Waals surface area contributed by atoms with Crippen LogP contribution in [0.25, 0.3) is 10.8 Å². The predicted octanol–water partition coefficient (Wildman–Crippen LogP) is 4.51. The van der Waals surface area contributed by atoms with E-state index in [1.807, 2.05) is 80.6 Å². The number of sulfone groups is 1. The van der Waals surface area contributed by atoms with Crippen LogP contribution in [0.1, 0.15) is 51.3 Å². The van der Waals surface area contributed by atoms with Crippen molar-refractivity contribution in [2.75, 3.05) is 5.75 Å². The highest BCUT2D eigenvalue weighted by Gasteiger charge is 2.39. The van der Waals surface area contributed by atoms with Gasteiger partial charge in [-0.05, 0) is 60.6 Å². The summed E-state index contributed by atoms with van der Waals surface area (Å²) in [6.45, 7) is 8.83. The third-order valence-corrected chi connectivity index (χ3v) is 10.7. The number of hydrogen-bond acceptors (Lipinski definition) is 5. The van der Waals surface area contributed by atoms with Gasteiger partial charge in [0.1, 0.15) is 12.3 Å². The Labute approximate surface area is 243 Å². The monoisotopic (exact) mass is 576 g/mol. The molecule has 0 spiro atoms. The summed E-state index contributed by atoms with van der Waals surface area (Å²) in [5.74, 6) is -2.38. The van der Waals surface area contributed by atoms with Crippen LogP contribution in [0.2, 0.25) is 0 Å². The third-order valence-electron chi connectivity index (χ3n) is 8.03. The lowest BCUT2D eigenvalue weighted by molar-refractivity contribution is -0.143. The van der Waals surface area contributed by atoms with Crippen LogP contribution in [-0.2, 0) is 43.6 Å². The van der Waals surface area contributed by atoms with Gasteiger partial charge in [0.15, 0.2) is 9.84 Å². The van der Waals surface area contributed by atoms with Gasteiger partial charge in [-0.15, -0.1) is 0 Å². The zero-order valence-corrected chi connectivity index (χ0v) is 25.3. The van der Waals surface area contributed by atoms with Gasteiger partial charge in [0, 0.05) is 13.0 Å². The number of rotatable bonds is 9. The molecular formula is C33H40N2O5S. The van der Waals surface area contributed by atoms with Gasteiger partial charge >= 0.3 is 0 Å². The molecule has 0 bridgehead atoms. The normalized spacial score (nSPS) is 17.1. The van der Waals surface area contributed by atoms with Gasteiger partial charge < -0.3 is 15.0 Å². The molecule has 4 rings (SSSR count). The first-order valence-electron chi connectivity index (χ1n) is 14.1. The first-order valence-corrected chi connectivity index (χ1v) is 15.8. The van der Waals surface area contributed by atoms with E-state index in [1.165, 1.54) is 4.90 Å². The smallest absolute Gasteiger partial charge is 0.246 e. The number of carbonyl (C=O) groups is 3. The van der Waals surface area contributed by atoms with Crippen LogP contribution >= 0.6 is 0 Å². The Bertz CT molecular complexity index is 1540. The summed E-state index contributed by atoms with van der Waals surface area (Å²) in [5.41, 5.74) is 2.87. The minimum absolute atomic E-state index is 0.204. The molecule has 41 heavy (non-hydrogen) atoms. The van der Waals surface area contributed by atoms with E-state index in [9.17, 15) is 22.8 Å². The van der Waals surface area contributed by atoms with E-state index in [4.69, 9.17) is 0 Å². The number of carbonyl (C=O) groups excluding carboxylic acids is 3. The number of aldehydes is 1. The van der Waals surface area contributed by atoms with Gasteiger partial charge in [0.05, 0.1) is 22.5 Å². The van der Waals surface area contributed by atoms with E-state index in [0.717, 1.165) is 33.7 Å². The van der Waals surface area contributed by atoms with E-state index in [0.29, 0.717) is 6.42 Å². The molecule has 1 heterocycles. The molecular weight excluding hydrogens is 536 g/mol. The predicted molar refractivity (Wildman–Crippen MR) is 162 cm³/mol. The highest BCUT2D eigenvalue weighted by atomic mass is 32.2. The molecule has 1 N–H and O–H groups in total. The average molecular weight is 577 g/mol. The minimum Gasteiger partial charge on any atom is -0.344 e. The Balaban J connectivity index is 1.64. The lowest BCUT2D eigenvalue weighted by atomic mass is 9.92. The number of nitrogens with one attached hydrogen (secondary N) is 1. The molecule has 1 aliphatic heterocycles. The average Bonchev–Trinajstić information content (AvgIpc) is 2.93. The zero-order valence-electron chi connectivity index (χ0n) is 24.5. The second kappa shape index (κ2) is 12.1. The van der Waals surface area contributed by atoms with E-state index < -0.39 is 38.5 Å². The Kier molecular flexibility index (Phi) is 9.02. The fourth-order valence-electron chi connectivity index (χ4n) is 5.35. The maximum absolute atomic E-state index is 13.9. The Morgan fingerprint density at radius 2 is 1.61 bits per heavy atom. The van der Waals surface area contributed by atoms with Gasteiger partial charge in [0.25, 0.3) is 0 Å². The summed E-state index contributed by atoms with van der Waals surface area (Å²) >= 11 is 0. The number of amides is 2. The molecule has 0 fully saturated rings. The molecule has 0 saturated heterocycles.